The van der Waals surface area contributed by atoms with E-state index in [9.17, 15) is 9.18 Å². The molecule has 0 spiro atoms. The molecule has 0 fully saturated rings. The number of carbonyl (C=O) groups excluding carboxylic acids is 1. The van der Waals surface area contributed by atoms with Crippen LogP contribution < -0.4 is 5.32 Å². The van der Waals surface area contributed by atoms with E-state index in [1.165, 1.54) is 11.6 Å². The van der Waals surface area contributed by atoms with E-state index >= 15 is 0 Å². The second-order valence-electron chi connectivity index (χ2n) is 8.60. The van der Waals surface area contributed by atoms with Gasteiger partial charge in [0.25, 0.3) is 0 Å². The summed E-state index contributed by atoms with van der Waals surface area (Å²) in [5.41, 5.74) is 5.63. The van der Waals surface area contributed by atoms with Crippen LogP contribution in [0, 0.1) is 11.7 Å². The molecule has 0 saturated carbocycles. The maximum Gasteiger partial charge on any atom is 0.225 e. The molecular weight excluding hydrogens is 389 g/mol. The van der Waals surface area contributed by atoms with Crippen LogP contribution in [0.25, 0.3) is 11.3 Å². The second-order valence-corrected chi connectivity index (χ2v) is 8.60. The van der Waals surface area contributed by atoms with Crippen LogP contribution in [0.5, 0.6) is 0 Å². The van der Waals surface area contributed by atoms with Gasteiger partial charge in [-0.2, -0.15) is 0 Å². The molecule has 0 bridgehead atoms. The van der Waals surface area contributed by atoms with Crippen molar-refractivity contribution >= 4 is 11.7 Å². The molecule has 0 radical (unpaired) electrons. The molecule has 1 aliphatic rings. The van der Waals surface area contributed by atoms with Gasteiger partial charge in [-0.1, -0.05) is 44.2 Å². The largest absolute Gasteiger partial charge is 0.309 e. The first-order chi connectivity index (χ1) is 15.0. The zero-order valence-corrected chi connectivity index (χ0v) is 18.1. The zero-order valence-electron chi connectivity index (χ0n) is 18.1. The molecule has 1 aromatic heterocycles. The Morgan fingerprint density at radius 1 is 1.10 bits per heavy atom. The van der Waals surface area contributed by atoms with E-state index in [1.807, 2.05) is 18.2 Å². The summed E-state index contributed by atoms with van der Waals surface area (Å²) in [5, 5.41) is 3.01. The summed E-state index contributed by atoms with van der Waals surface area (Å²) in [4.78, 5) is 22.3. The lowest BCUT2D eigenvalue weighted by atomic mass is 9.91. The van der Waals surface area contributed by atoms with Gasteiger partial charge in [0.1, 0.15) is 5.82 Å². The van der Waals surface area contributed by atoms with E-state index in [2.05, 4.69) is 31.3 Å². The van der Waals surface area contributed by atoms with Crippen molar-refractivity contribution in [2.45, 2.75) is 52.4 Å². The Morgan fingerprint density at radius 2 is 1.90 bits per heavy atom. The van der Waals surface area contributed by atoms with Gasteiger partial charge in [-0.15, -0.1) is 0 Å². The molecule has 5 heteroatoms. The highest BCUT2D eigenvalue weighted by molar-refractivity contribution is 5.90. The third kappa shape index (κ3) is 5.16. The van der Waals surface area contributed by atoms with Crippen molar-refractivity contribution < 1.29 is 9.18 Å². The fraction of sp³-hybridized carbons (Fsp3) is 0.346. The van der Waals surface area contributed by atoms with Gasteiger partial charge in [-0.25, -0.2) is 14.4 Å². The molecule has 0 unspecified atom stereocenters. The van der Waals surface area contributed by atoms with Crippen LogP contribution in [-0.4, -0.2) is 15.9 Å². The third-order valence-electron chi connectivity index (χ3n) is 5.57. The lowest BCUT2D eigenvalue weighted by molar-refractivity contribution is -0.116. The Balaban J connectivity index is 1.53. The summed E-state index contributed by atoms with van der Waals surface area (Å²) in [6.45, 7) is 4.24. The first-order valence-corrected chi connectivity index (χ1v) is 11.0. The Hall–Kier alpha value is -3.08. The van der Waals surface area contributed by atoms with Gasteiger partial charge in [-0.05, 0) is 67.3 Å². The SMILES string of the molecule is CC(C)Cc1nc2c(nc1NC(=O)CCCc1ccccc1)CCc1cc(F)ccc1-2. The highest BCUT2D eigenvalue weighted by atomic mass is 19.1. The molecule has 160 valence electrons. The highest BCUT2D eigenvalue weighted by Crippen LogP contribution is 2.33. The van der Waals surface area contributed by atoms with Crippen LogP contribution in [-0.2, 0) is 30.5 Å². The molecule has 2 aromatic carbocycles. The van der Waals surface area contributed by atoms with Crippen LogP contribution in [0.1, 0.15) is 49.2 Å². The average Bonchev–Trinajstić information content (AvgIpc) is 2.74. The van der Waals surface area contributed by atoms with Gasteiger partial charge in [-0.3, -0.25) is 4.79 Å². The zero-order chi connectivity index (χ0) is 21.8. The van der Waals surface area contributed by atoms with Crippen molar-refractivity contribution in [2.75, 3.05) is 5.32 Å². The summed E-state index contributed by atoms with van der Waals surface area (Å²) >= 11 is 0. The maximum absolute atomic E-state index is 13.7. The van der Waals surface area contributed by atoms with Gasteiger partial charge < -0.3 is 5.32 Å². The Labute approximate surface area is 183 Å². The van der Waals surface area contributed by atoms with E-state index < -0.39 is 0 Å². The van der Waals surface area contributed by atoms with Crippen molar-refractivity contribution in [3.05, 3.63) is 76.9 Å². The van der Waals surface area contributed by atoms with Crippen LogP contribution >= 0.6 is 0 Å². The topological polar surface area (TPSA) is 54.9 Å². The van der Waals surface area contributed by atoms with Crippen molar-refractivity contribution in [3.63, 3.8) is 0 Å². The predicted molar refractivity (Wildman–Crippen MR) is 121 cm³/mol. The number of fused-ring (bicyclic) bond motifs is 3. The molecule has 1 aliphatic carbocycles. The molecule has 4 nitrogen and oxygen atoms in total. The van der Waals surface area contributed by atoms with Gasteiger partial charge in [0.15, 0.2) is 5.82 Å². The summed E-state index contributed by atoms with van der Waals surface area (Å²) in [6.07, 6.45) is 4.23. The monoisotopic (exact) mass is 417 g/mol. The van der Waals surface area contributed by atoms with Crippen LogP contribution in [0.2, 0.25) is 0 Å². The van der Waals surface area contributed by atoms with Crippen molar-refractivity contribution in [1.29, 1.82) is 0 Å². The predicted octanol–water partition coefficient (Wildman–Crippen LogP) is 5.54. The molecule has 3 aromatic rings. The van der Waals surface area contributed by atoms with Gasteiger partial charge >= 0.3 is 0 Å². The van der Waals surface area contributed by atoms with Crippen molar-refractivity contribution in [1.82, 2.24) is 9.97 Å². The summed E-state index contributed by atoms with van der Waals surface area (Å²) < 4.78 is 13.7. The molecule has 4 rings (SSSR count). The summed E-state index contributed by atoms with van der Waals surface area (Å²) in [7, 11) is 0. The number of nitrogens with zero attached hydrogens (tertiary/aromatic N) is 2. The first kappa shape index (κ1) is 21.2. The standard InChI is InChI=1S/C26H28FN3O/c1-17(2)15-23-26(30-24(31)10-6-9-18-7-4-3-5-8-18)29-22-14-11-19-16-20(27)12-13-21(19)25(22)28-23/h3-5,7-8,12-13,16-17H,6,9-11,14-15H2,1-2H3,(H,29,30,31). The van der Waals surface area contributed by atoms with E-state index in [-0.39, 0.29) is 11.7 Å². The Bertz CT molecular complexity index is 1080. The smallest absolute Gasteiger partial charge is 0.225 e. The minimum atomic E-state index is -0.225. The molecule has 0 atom stereocenters. The third-order valence-corrected chi connectivity index (χ3v) is 5.57. The van der Waals surface area contributed by atoms with Crippen LogP contribution in [0.3, 0.4) is 0 Å². The lowest BCUT2D eigenvalue weighted by Crippen LogP contribution is -2.19. The molecular formula is C26H28FN3O. The van der Waals surface area contributed by atoms with Crippen LogP contribution in [0.15, 0.2) is 48.5 Å². The van der Waals surface area contributed by atoms with E-state index in [0.717, 1.165) is 53.9 Å². The molecule has 1 N–H and O–H groups in total. The number of hydrogen-bond acceptors (Lipinski definition) is 3. The Morgan fingerprint density at radius 3 is 2.68 bits per heavy atom. The maximum atomic E-state index is 13.7. The normalized spacial score (nSPS) is 12.4. The Kier molecular flexibility index (Phi) is 6.40. The van der Waals surface area contributed by atoms with Crippen LogP contribution in [0.4, 0.5) is 10.2 Å². The van der Waals surface area contributed by atoms with E-state index in [1.54, 1.807) is 12.1 Å². The van der Waals surface area contributed by atoms with Gasteiger partial charge in [0.2, 0.25) is 5.91 Å². The average molecular weight is 418 g/mol. The fourth-order valence-corrected chi connectivity index (χ4v) is 4.07. The number of nitrogens with one attached hydrogen (secondary N) is 1. The molecule has 1 heterocycles. The number of halogens is 1. The number of amides is 1. The highest BCUT2D eigenvalue weighted by Gasteiger charge is 2.23. The number of aromatic nitrogens is 2. The van der Waals surface area contributed by atoms with E-state index in [4.69, 9.17) is 9.97 Å². The van der Waals surface area contributed by atoms with Gasteiger partial charge in [0.05, 0.1) is 17.1 Å². The first-order valence-electron chi connectivity index (χ1n) is 11.0. The number of carbonyl (C=O) groups is 1. The molecule has 0 aliphatic heterocycles. The number of aryl methyl sites for hydroxylation is 3. The summed E-state index contributed by atoms with van der Waals surface area (Å²) in [6, 6.07) is 15.0. The quantitative estimate of drug-likeness (QED) is 0.549. The van der Waals surface area contributed by atoms with Gasteiger partial charge in [0, 0.05) is 12.0 Å². The minimum absolute atomic E-state index is 0.0338. The fourth-order valence-electron chi connectivity index (χ4n) is 4.07. The minimum Gasteiger partial charge on any atom is -0.309 e. The molecule has 1 amide bonds. The second kappa shape index (κ2) is 9.38. The number of benzene rings is 2. The lowest BCUT2D eigenvalue weighted by Gasteiger charge is -2.21. The van der Waals surface area contributed by atoms with E-state index in [0.29, 0.717) is 24.6 Å². The molecule has 0 saturated heterocycles. The number of hydrogen-bond donors (Lipinski definition) is 1. The van der Waals surface area contributed by atoms with Crippen molar-refractivity contribution in [3.8, 4) is 11.3 Å². The molecule has 31 heavy (non-hydrogen) atoms. The summed E-state index contributed by atoms with van der Waals surface area (Å²) in [5.74, 6) is 0.686. The number of rotatable bonds is 7. The van der Waals surface area contributed by atoms with Crippen molar-refractivity contribution in [2.24, 2.45) is 5.92 Å². The number of anilines is 1.